The summed E-state index contributed by atoms with van der Waals surface area (Å²) in [6.45, 7) is 3.56. The highest BCUT2D eigenvalue weighted by molar-refractivity contribution is 6.18. The molecule has 0 atom stereocenters. The van der Waals surface area contributed by atoms with Crippen LogP contribution in [0.2, 0.25) is 0 Å². The molecule has 1 aromatic rings. The molecule has 0 radical (unpaired) electrons. The largest absolute Gasteiger partial charge is 0.383 e. The molecule has 0 N–H and O–H groups in total. The van der Waals surface area contributed by atoms with Crippen molar-refractivity contribution >= 4 is 17.5 Å². The van der Waals surface area contributed by atoms with Crippen LogP contribution in [0.15, 0.2) is 6.07 Å². The molecule has 6 heteroatoms. The van der Waals surface area contributed by atoms with Crippen molar-refractivity contribution in [2.45, 2.75) is 13.3 Å². The highest BCUT2D eigenvalue weighted by Gasteiger charge is 2.19. The van der Waals surface area contributed by atoms with E-state index in [4.69, 9.17) is 16.3 Å². The van der Waals surface area contributed by atoms with Crippen LogP contribution in [0.3, 0.4) is 0 Å². The minimum atomic E-state index is -0.0533. The number of carbonyl (C=O) groups excluding carboxylic acids is 1. The Kier molecular flexibility index (Phi) is 6.15. The summed E-state index contributed by atoms with van der Waals surface area (Å²) < 4.78 is 6.62. The van der Waals surface area contributed by atoms with E-state index in [1.165, 1.54) is 0 Å². The summed E-state index contributed by atoms with van der Waals surface area (Å²) in [6, 6.07) is 1.83. The van der Waals surface area contributed by atoms with E-state index < -0.39 is 0 Å². The Hall–Kier alpha value is -1.07. The van der Waals surface area contributed by atoms with Crippen LogP contribution in [0.4, 0.5) is 0 Å². The Labute approximate surface area is 113 Å². The molecule has 0 bridgehead atoms. The van der Waals surface area contributed by atoms with Gasteiger partial charge in [0.1, 0.15) is 5.69 Å². The van der Waals surface area contributed by atoms with Crippen molar-refractivity contribution in [2.75, 3.05) is 32.7 Å². The van der Waals surface area contributed by atoms with Gasteiger partial charge in [-0.2, -0.15) is 5.10 Å². The van der Waals surface area contributed by atoms with Gasteiger partial charge in [-0.25, -0.2) is 0 Å². The molecule has 102 valence electrons. The van der Waals surface area contributed by atoms with Gasteiger partial charge in [-0.05, 0) is 12.5 Å². The van der Waals surface area contributed by atoms with Crippen molar-refractivity contribution in [3.8, 4) is 0 Å². The van der Waals surface area contributed by atoms with Crippen molar-refractivity contribution in [1.82, 2.24) is 14.7 Å². The van der Waals surface area contributed by atoms with E-state index in [0.717, 1.165) is 12.1 Å². The van der Waals surface area contributed by atoms with Gasteiger partial charge in [0, 0.05) is 33.1 Å². The lowest BCUT2D eigenvalue weighted by atomic mass is 10.3. The second-order valence-electron chi connectivity index (χ2n) is 3.97. The van der Waals surface area contributed by atoms with E-state index in [0.29, 0.717) is 31.3 Å². The van der Waals surface area contributed by atoms with Crippen molar-refractivity contribution in [3.05, 3.63) is 17.5 Å². The molecule has 1 amide bonds. The number of ether oxygens (including phenoxy) is 1. The Bertz CT molecular complexity index is 393. The summed E-state index contributed by atoms with van der Waals surface area (Å²) >= 11 is 5.72. The van der Waals surface area contributed by atoms with E-state index in [1.54, 1.807) is 23.7 Å². The van der Waals surface area contributed by atoms with E-state index >= 15 is 0 Å². The maximum Gasteiger partial charge on any atom is 0.272 e. The molecule has 0 aliphatic heterocycles. The van der Waals surface area contributed by atoms with Crippen molar-refractivity contribution < 1.29 is 9.53 Å². The van der Waals surface area contributed by atoms with Crippen LogP contribution in [0, 0.1) is 0 Å². The number of aryl methyl sites for hydroxylation is 2. The third-order valence-corrected chi connectivity index (χ3v) is 2.89. The van der Waals surface area contributed by atoms with Gasteiger partial charge in [0.05, 0.1) is 12.3 Å². The molecule has 0 saturated heterocycles. The predicted octanol–water partition coefficient (Wildman–Crippen LogP) is 1.31. The van der Waals surface area contributed by atoms with Crippen LogP contribution >= 0.6 is 11.6 Å². The van der Waals surface area contributed by atoms with Gasteiger partial charge < -0.3 is 9.64 Å². The second-order valence-corrected chi connectivity index (χ2v) is 4.35. The van der Waals surface area contributed by atoms with Crippen LogP contribution in [-0.2, 0) is 18.2 Å². The Morgan fingerprint density at radius 1 is 1.56 bits per heavy atom. The predicted molar refractivity (Wildman–Crippen MR) is 71.1 cm³/mol. The average molecular weight is 274 g/mol. The lowest BCUT2D eigenvalue weighted by molar-refractivity contribution is 0.0697. The number of carbonyl (C=O) groups is 1. The zero-order valence-corrected chi connectivity index (χ0v) is 11.9. The maximum atomic E-state index is 12.3. The third-order valence-electron chi connectivity index (χ3n) is 2.72. The smallest absolute Gasteiger partial charge is 0.272 e. The zero-order valence-electron chi connectivity index (χ0n) is 11.1. The molecule has 0 spiro atoms. The lowest BCUT2D eigenvalue weighted by Crippen LogP contribution is -2.36. The standard InChI is InChI=1S/C12H20ClN3O2/c1-4-10-9-11(15(2)14-10)12(17)16(6-5-13)7-8-18-3/h9H,4-8H2,1-3H3. The van der Waals surface area contributed by atoms with Crippen LogP contribution in [0.25, 0.3) is 0 Å². The molecule has 1 heterocycles. The van der Waals surface area contributed by atoms with Crippen LogP contribution in [-0.4, -0.2) is 53.3 Å². The Morgan fingerprint density at radius 2 is 2.28 bits per heavy atom. The average Bonchev–Trinajstić information content (AvgIpc) is 2.75. The van der Waals surface area contributed by atoms with Gasteiger partial charge in [-0.15, -0.1) is 11.6 Å². The van der Waals surface area contributed by atoms with E-state index in [2.05, 4.69) is 5.10 Å². The van der Waals surface area contributed by atoms with Crippen molar-refractivity contribution in [1.29, 1.82) is 0 Å². The van der Waals surface area contributed by atoms with Gasteiger partial charge >= 0.3 is 0 Å². The van der Waals surface area contributed by atoms with Crippen LogP contribution < -0.4 is 0 Å². The minimum Gasteiger partial charge on any atom is -0.383 e. The quantitative estimate of drug-likeness (QED) is 0.704. The van der Waals surface area contributed by atoms with Crippen LogP contribution in [0.1, 0.15) is 23.1 Å². The summed E-state index contributed by atoms with van der Waals surface area (Å²) in [5, 5.41) is 4.28. The maximum absolute atomic E-state index is 12.3. The van der Waals surface area contributed by atoms with Crippen molar-refractivity contribution in [3.63, 3.8) is 0 Å². The number of halogens is 1. The number of aromatic nitrogens is 2. The first kappa shape index (κ1) is 15.0. The molecular formula is C12H20ClN3O2. The number of amides is 1. The zero-order chi connectivity index (χ0) is 13.5. The lowest BCUT2D eigenvalue weighted by Gasteiger charge is -2.21. The second kappa shape index (κ2) is 7.38. The molecule has 1 aromatic heterocycles. The molecule has 1 rings (SSSR count). The molecule has 0 fully saturated rings. The van der Waals surface area contributed by atoms with E-state index in [9.17, 15) is 4.79 Å². The molecule has 0 aliphatic rings. The van der Waals surface area contributed by atoms with Gasteiger partial charge in [0.25, 0.3) is 5.91 Å². The fourth-order valence-electron chi connectivity index (χ4n) is 1.68. The highest BCUT2D eigenvalue weighted by atomic mass is 35.5. The fourth-order valence-corrected chi connectivity index (χ4v) is 1.88. The Morgan fingerprint density at radius 3 is 2.78 bits per heavy atom. The number of alkyl halides is 1. The van der Waals surface area contributed by atoms with Gasteiger partial charge in [-0.3, -0.25) is 9.48 Å². The molecule has 0 aromatic carbocycles. The summed E-state index contributed by atoms with van der Waals surface area (Å²) in [6.07, 6.45) is 0.814. The van der Waals surface area contributed by atoms with Gasteiger partial charge in [-0.1, -0.05) is 6.92 Å². The highest BCUT2D eigenvalue weighted by Crippen LogP contribution is 2.08. The molecular weight excluding hydrogens is 254 g/mol. The van der Waals surface area contributed by atoms with Gasteiger partial charge in [0.2, 0.25) is 0 Å². The topological polar surface area (TPSA) is 47.4 Å². The fraction of sp³-hybridized carbons (Fsp3) is 0.667. The molecule has 0 unspecified atom stereocenters. The summed E-state index contributed by atoms with van der Waals surface area (Å²) in [5.74, 6) is 0.357. The first-order valence-electron chi connectivity index (χ1n) is 6.01. The number of hydrogen-bond acceptors (Lipinski definition) is 3. The summed E-state index contributed by atoms with van der Waals surface area (Å²) in [5.41, 5.74) is 1.51. The summed E-state index contributed by atoms with van der Waals surface area (Å²) in [7, 11) is 3.39. The number of rotatable bonds is 7. The van der Waals surface area contributed by atoms with E-state index in [-0.39, 0.29) is 5.91 Å². The van der Waals surface area contributed by atoms with Crippen LogP contribution in [0.5, 0.6) is 0 Å². The number of nitrogens with zero attached hydrogens (tertiary/aromatic N) is 3. The normalized spacial score (nSPS) is 10.7. The SMILES string of the molecule is CCc1cc(C(=O)N(CCCl)CCOC)n(C)n1. The molecule has 0 aliphatic carbocycles. The molecule has 18 heavy (non-hydrogen) atoms. The summed E-state index contributed by atoms with van der Waals surface area (Å²) in [4.78, 5) is 14.0. The Balaban J connectivity index is 2.83. The van der Waals surface area contributed by atoms with Crippen molar-refractivity contribution in [2.24, 2.45) is 7.05 Å². The number of hydrogen-bond donors (Lipinski definition) is 0. The monoisotopic (exact) mass is 273 g/mol. The first-order valence-corrected chi connectivity index (χ1v) is 6.54. The third kappa shape index (κ3) is 3.71. The number of methoxy groups -OCH3 is 1. The van der Waals surface area contributed by atoms with Gasteiger partial charge in [0.15, 0.2) is 0 Å². The minimum absolute atomic E-state index is 0.0533. The molecule has 0 saturated carbocycles. The van der Waals surface area contributed by atoms with E-state index in [1.807, 2.05) is 13.0 Å². The first-order chi connectivity index (χ1) is 8.63. The molecule has 5 nitrogen and oxygen atoms in total.